The summed E-state index contributed by atoms with van der Waals surface area (Å²) in [5.74, 6) is 0.644. The third-order valence-electron chi connectivity index (χ3n) is 3.43. The molecule has 0 amide bonds. The minimum absolute atomic E-state index is 0.0836. The predicted molar refractivity (Wildman–Crippen MR) is 74.7 cm³/mol. The number of piperidine rings is 1. The van der Waals surface area contributed by atoms with Crippen molar-refractivity contribution in [2.24, 2.45) is 5.92 Å². The van der Waals surface area contributed by atoms with E-state index in [4.69, 9.17) is 9.47 Å². The lowest BCUT2D eigenvalue weighted by Gasteiger charge is -2.31. The first-order chi connectivity index (χ1) is 9.10. The molecule has 1 fully saturated rings. The van der Waals surface area contributed by atoms with Crippen molar-refractivity contribution in [2.45, 2.75) is 12.8 Å². The van der Waals surface area contributed by atoms with Crippen molar-refractivity contribution in [1.82, 2.24) is 9.62 Å². The van der Waals surface area contributed by atoms with Crippen molar-refractivity contribution in [3.63, 3.8) is 0 Å². The standard InChI is InChI=1S/C12H26N2O4S/c1-17-8-5-13-11-12-3-6-14(7-4-12)19(15,16)10-9-18-2/h12-13H,3-11H2,1-2H3. The summed E-state index contributed by atoms with van der Waals surface area (Å²) in [6.45, 7) is 4.02. The smallest absolute Gasteiger partial charge is 0.216 e. The van der Waals surface area contributed by atoms with Crippen molar-refractivity contribution in [3.05, 3.63) is 0 Å². The summed E-state index contributed by atoms with van der Waals surface area (Å²) in [5.41, 5.74) is 0. The highest BCUT2D eigenvalue weighted by Gasteiger charge is 2.27. The lowest BCUT2D eigenvalue weighted by Crippen LogP contribution is -2.42. The van der Waals surface area contributed by atoms with Gasteiger partial charge in [0.25, 0.3) is 0 Å². The van der Waals surface area contributed by atoms with Gasteiger partial charge in [-0.1, -0.05) is 0 Å². The number of rotatable bonds is 9. The molecule has 114 valence electrons. The minimum atomic E-state index is -3.13. The second kappa shape index (κ2) is 8.86. The molecule has 0 aliphatic carbocycles. The van der Waals surface area contributed by atoms with E-state index in [1.807, 2.05) is 0 Å². The van der Waals surface area contributed by atoms with Crippen LogP contribution in [-0.4, -0.2) is 72.1 Å². The molecule has 0 unspecified atom stereocenters. The molecule has 0 atom stereocenters. The summed E-state index contributed by atoms with van der Waals surface area (Å²) < 4.78 is 35.3. The first-order valence-electron chi connectivity index (χ1n) is 6.76. The molecule has 19 heavy (non-hydrogen) atoms. The molecule has 1 aliphatic rings. The van der Waals surface area contributed by atoms with Gasteiger partial charge in [-0.3, -0.25) is 0 Å². The summed E-state index contributed by atoms with van der Waals surface area (Å²) in [7, 11) is 0.0767. The van der Waals surface area contributed by atoms with Crippen molar-refractivity contribution in [1.29, 1.82) is 0 Å². The zero-order valence-electron chi connectivity index (χ0n) is 11.9. The van der Waals surface area contributed by atoms with Gasteiger partial charge in [-0.25, -0.2) is 12.7 Å². The number of hydrogen-bond acceptors (Lipinski definition) is 5. The van der Waals surface area contributed by atoms with Crippen molar-refractivity contribution < 1.29 is 17.9 Å². The fourth-order valence-corrected chi connectivity index (χ4v) is 3.59. The van der Waals surface area contributed by atoms with Crippen LogP contribution >= 0.6 is 0 Å². The van der Waals surface area contributed by atoms with Gasteiger partial charge >= 0.3 is 0 Å². The predicted octanol–water partition coefficient (Wildman–Crippen LogP) is -0.0894. The monoisotopic (exact) mass is 294 g/mol. The van der Waals surface area contributed by atoms with Crippen molar-refractivity contribution in [3.8, 4) is 0 Å². The summed E-state index contributed by atoms with van der Waals surface area (Å²) in [6, 6.07) is 0. The van der Waals surface area contributed by atoms with E-state index in [1.165, 1.54) is 7.11 Å². The molecule has 1 heterocycles. The van der Waals surface area contributed by atoms with E-state index >= 15 is 0 Å². The van der Waals surface area contributed by atoms with Gasteiger partial charge in [-0.2, -0.15) is 0 Å². The van der Waals surface area contributed by atoms with Crippen LogP contribution < -0.4 is 5.32 Å². The maximum atomic E-state index is 12.0. The Labute approximate surface area is 116 Å². The Hall–Kier alpha value is -0.210. The number of nitrogens with zero attached hydrogens (tertiary/aromatic N) is 1. The highest BCUT2D eigenvalue weighted by molar-refractivity contribution is 7.89. The number of ether oxygens (including phenoxy) is 2. The summed E-state index contributed by atoms with van der Waals surface area (Å²) in [6.07, 6.45) is 1.85. The largest absolute Gasteiger partial charge is 0.384 e. The van der Waals surface area contributed by atoms with Crippen LogP contribution in [0.4, 0.5) is 0 Å². The normalized spacial score (nSPS) is 18.8. The van der Waals surface area contributed by atoms with Gasteiger partial charge in [0.1, 0.15) is 0 Å². The van der Waals surface area contributed by atoms with Crippen LogP contribution in [0.5, 0.6) is 0 Å². The van der Waals surface area contributed by atoms with Gasteiger partial charge in [0.2, 0.25) is 10.0 Å². The van der Waals surface area contributed by atoms with Gasteiger partial charge < -0.3 is 14.8 Å². The Balaban J connectivity index is 2.24. The van der Waals surface area contributed by atoms with Crippen LogP contribution in [0.3, 0.4) is 0 Å². The summed E-state index contributed by atoms with van der Waals surface area (Å²) in [4.78, 5) is 0. The van der Waals surface area contributed by atoms with Crippen LogP contribution in [0.25, 0.3) is 0 Å². The summed E-state index contributed by atoms with van der Waals surface area (Å²) >= 11 is 0. The van der Waals surface area contributed by atoms with Gasteiger partial charge in [0.05, 0.1) is 19.0 Å². The molecule has 0 spiro atoms. The van der Waals surface area contributed by atoms with Gasteiger partial charge in [0, 0.05) is 33.9 Å². The van der Waals surface area contributed by atoms with E-state index < -0.39 is 10.0 Å². The number of hydrogen-bond donors (Lipinski definition) is 1. The fraction of sp³-hybridized carbons (Fsp3) is 1.00. The molecule has 1 N–H and O–H groups in total. The second-order valence-corrected chi connectivity index (χ2v) is 6.94. The van der Waals surface area contributed by atoms with E-state index in [0.717, 1.165) is 25.9 Å². The molecule has 0 bridgehead atoms. The molecule has 1 aliphatic heterocycles. The summed E-state index contributed by atoms with van der Waals surface area (Å²) in [5, 5.41) is 3.33. The Kier molecular flexibility index (Phi) is 7.86. The molecule has 0 aromatic carbocycles. The molecule has 7 heteroatoms. The highest BCUT2D eigenvalue weighted by Crippen LogP contribution is 2.19. The Morgan fingerprint density at radius 3 is 2.37 bits per heavy atom. The maximum Gasteiger partial charge on any atom is 0.216 e. The first kappa shape index (κ1) is 16.8. The Morgan fingerprint density at radius 1 is 1.16 bits per heavy atom. The SMILES string of the molecule is COCCNCC1CCN(S(=O)(=O)CCOC)CC1. The van der Waals surface area contributed by atoms with Gasteiger partial charge in [-0.05, 0) is 25.3 Å². The molecule has 6 nitrogen and oxygen atoms in total. The average Bonchev–Trinajstić information content (AvgIpc) is 2.42. The van der Waals surface area contributed by atoms with Crippen molar-refractivity contribution in [2.75, 3.05) is 59.4 Å². The third kappa shape index (κ3) is 6.18. The van der Waals surface area contributed by atoms with Crippen molar-refractivity contribution >= 4 is 10.0 Å². The molecule has 1 saturated heterocycles. The molecule has 0 aromatic heterocycles. The lowest BCUT2D eigenvalue weighted by molar-refractivity contribution is 0.193. The zero-order chi connectivity index (χ0) is 14.1. The quantitative estimate of drug-likeness (QED) is 0.602. The van der Waals surface area contributed by atoms with Crippen LogP contribution in [0.1, 0.15) is 12.8 Å². The van der Waals surface area contributed by atoms with Gasteiger partial charge in [0.15, 0.2) is 0 Å². The molecule has 1 rings (SSSR count). The van der Waals surface area contributed by atoms with E-state index in [1.54, 1.807) is 11.4 Å². The minimum Gasteiger partial charge on any atom is -0.384 e. The number of sulfonamides is 1. The maximum absolute atomic E-state index is 12.0. The third-order valence-corrected chi connectivity index (χ3v) is 5.26. The van der Waals surface area contributed by atoms with Crippen LogP contribution in [0, 0.1) is 5.92 Å². The first-order valence-corrected chi connectivity index (χ1v) is 8.37. The zero-order valence-corrected chi connectivity index (χ0v) is 12.7. The van der Waals surface area contributed by atoms with E-state index in [-0.39, 0.29) is 12.4 Å². The van der Waals surface area contributed by atoms with E-state index in [0.29, 0.717) is 25.6 Å². The average molecular weight is 294 g/mol. The Bertz CT molecular complexity index is 327. The Morgan fingerprint density at radius 2 is 1.79 bits per heavy atom. The van der Waals surface area contributed by atoms with Gasteiger partial charge in [-0.15, -0.1) is 0 Å². The number of methoxy groups -OCH3 is 2. The molecule has 0 radical (unpaired) electrons. The second-order valence-electron chi connectivity index (χ2n) is 4.85. The van der Waals surface area contributed by atoms with Crippen LogP contribution in [0.15, 0.2) is 0 Å². The molecular formula is C12H26N2O4S. The molecule has 0 saturated carbocycles. The molecule has 0 aromatic rings. The highest BCUT2D eigenvalue weighted by atomic mass is 32.2. The fourth-order valence-electron chi connectivity index (χ4n) is 2.19. The lowest BCUT2D eigenvalue weighted by atomic mass is 9.98. The topological polar surface area (TPSA) is 67.9 Å². The van der Waals surface area contributed by atoms with Crippen LogP contribution in [-0.2, 0) is 19.5 Å². The molecular weight excluding hydrogens is 268 g/mol. The van der Waals surface area contributed by atoms with E-state index in [2.05, 4.69) is 5.32 Å². The number of nitrogens with one attached hydrogen (secondary N) is 1. The van der Waals surface area contributed by atoms with E-state index in [9.17, 15) is 8.42 Å². The van der Waals surface area contributed by atoms with Crippen LogP contribution in [0.2, 0.25) is 0 Å².